The van der Waals surface area contributed by atoms with Crippen molar-refractivity contribution >= 4 is 22.1 Å². The topological polar surface area (TPSA) is 147 Å². The second kappa shape index (κ2) is 33.6. The highest BCUT2D eigenvalue weighted by atomic mass is 32.2. The molecule has 298 valence electrons. The van der Waals surface area contributed by atoms with Crippen molar-refractivity contribution in [2.75, 3.05) is 26.4 Å². The van der Waals surface area contributed by atoms with Gasteiger partial charge in [0.25, 0.3) is 10.1 Å². The van der Waals surface area contributed by atoms with Crippen LogP contribution in [0.1, 0.15) is 206 Å². The molecular formula is C40H78O9S. The van der Waals surface area contributed by atoms with E-state index < -0.39 is 32.7 Å². The maximum absolute atomic E-state index is 12.5. The molecule has 0 aliphatic heterocycles. The largest absolute Gasteiger partial charge is 0.481 e. The van der Waals surface area contributed by atoms with Crippen LogP contribution in [0.3, 0.4) is 0 Å². The number of hydrogen-bond donors (Lipinski definition) is 3. The molecule has 0 aliphatic rings. The van der Waals surface area contributed by atoms with Gasteiger partial charge in [0.15, 0.2) is 5.25 Å². The van der Waals surface area contributed by atoms with E-state index in [4.69, 9.17) is 9.47 Å². The quantitative estimate of drug-likeness (QED) is 0.0413. The average Bonchev–Trinajstić information content (AvgIpc) is 3.06. The number of carboxylic acids is 2. The van der Waals surface area contributed by atoms with Crippen molar-refractivity contribution < 1.29 is 42.2 Å². The smallest absolute Gasteiger partial charge is 0.325 e. The molecular weight excluding hydrogens is 656 g/mol. The van der Waals surface area contributed by atoms with Gasteiger partial charge in [-0.25, -0.2) is 0 Å². The number of hydrogen-bond acceptors (Lipinski definition) is 6. The molecule has 0 saturated carbocycles. The zero-order valence-electron chi connectivity index (χ0n) is 32.3. The normalized spacial score (nSPS) is 12.8. The van der Waals surface area contributed by atoms with Gasteiger partial charge in [0.1, 0.15) is 5.41 Å². The summed E-state index contributed by atoms with van der Waals surface area (Å²) >= 11 is 0. The van der Waals surface area contributed by atoms with Gasteiger partial charge in [-0.05, 0) is 25.7 Å². The predicted octanol–water partition coefficient (Wildman–Crippen LogP) is 11.2. The Balaban J connectivity index is 4.33. The van der Waals surface area contributed by atoms with Crippen LogP contribution in [0.25, 0.3) is 0 Å². The Labute approximate surface area is 307 Å². The van der Waals surface area contributed by atoms with E-state index in [0.717, 1.165) is 38.5 Å². The van der Waals surface area contributed by atoms with E-state index in [1.54, 1.807) is 0 Å². The van der Waals surface area contributed by atoms with Crippen LogP contribution in [0.5, 0.6) is 0 Å². The molecule has 1 unspecified atom stereocenters. The van der Waals surface area contributed by atoms with E-state index in [-0.39, 0.29) is 26.1 Å². The van der Waals surface area contributed by atoms with Gasteiger partial charge in [-0.1, -0.05) is 181 Å². The molecule has 0 aliphatic carbocycles. The monoisotopic (exact) mass is 735 g/mol. The lowest BCUT2D eigenvalue weighted by Gasteiger charge is -2.33. The van der Waals surface area contributed by atoms with E-state index in [1.165, 1.54) is 141 Å². The fraction of sp³-hybridized carbons (Fsp3) is 0.950. The maximum atomic E-state index is 12.5. The van der Waals surface area contributed by atoms with Crippen LogP contribution >= 0.6 is 0 Å². The molecule has 10 heteroatoms. The first-order valence-electron chi connectivity index (χ1n) is 20.7. The maximum Gasteiger partial charge on any atom is 0.325 e. The fourth-order valence-corrected chi connectivity index (χ4v) is 8.03. The van der Waals surface area contributed by atoms with E-state index in [2.05, 4.69) is 13.8 Å². The summed E-state index contributed by atoms with van der Waals surface area (Å²) in [7, 11) is -5.20. The van der Waals surface area contributed by atoms with E-state index >= 15 is 0 Å². The average molecular weight is 735 g/mol. The van der Waals surface area contributed by atoms with Gasteiger partial charge < -0.3 is 19.7 Å². The molecule has 0 amide bonds. The Morgan fingerprint density at radius 2 is 0.740 bits per heavy atom. The third-order valence-corrected chi connectivity index (χ3v) is 11.4. The lowest BCUT2D eigenvalue weighted by Crippen LogP contribution is -2.52. The molecule has 0 aromatic heterocycles. The summed E-state index contributed by atoms with van der Waals surface area (Å²) in [6.45, 7) is 5.00. The number of unbranched alkanes of at least 4 members (excludes halogenated alkanes) is 26. The molecule has 0 heterocycles. The molecule has 0 aromatic rings. The fourth-order valence-electron chi connectivity index (χ4n) is 6.87. The summed E-state index contributed by atoms with van der Waals surface area (Å²) in [6.07, 6.45) is 33.7. The first-order chi connectivity index (χ1) is 24.1. The van der Waals surface area contributed by atoms with Crippen LogP contribution in [0.15, 0.2) is 0 Å². The number of aliphatic carboxylic acids is 2. The van der Waals surface area contributed by atoms with Gasteiger partial charge in [0, 0.05) is 26.4 Å². The lowest BCUT2D eigenvalue weighted by atomic mass is 9.78. The second-order valence-electron chi connectivity index (χ2n) is 14.6. The molecule has 9 nitrogen and oxygen atoms in total. The van der Waals surface area contributed by atoms with Crippen molar-refractivity contribution in [3.8, 4) is 0 Å². The van der Waals surface area contributed by atoms with Gasteiger partial charge >= 0.3 is 11.9 Å². The number of carbonyl (C=O) groups is 2. The van der Waals surface area contributed by atoms with E-state index in [9.17, 15) is 32.8 Å². The van der Waals surface area contributed by atoms with Gasteiger partial charge in [0.05, 0.1) is 0 Å². The number of rotatable bonds is 40. The minimum atomic E-state index is -5.20. The first kappa shape index (κ1) is 48.8. The Morgan fingerprint density at radius 3 is 0.960 bits per heavy atom. The van der Waals surface area contributed by atoms with Gasteiger partial charge in [-0.3, -0.25) is 14.1 Å². The summed E-state index contributed by atoms with van der Waals surface area (Å²) in [5, 5.41) is 17.3. The highest BCUT2D eigenvalue weighted by Crippen LogP contribution is 2.36. The van der Waals surface area contributed by atoms with E-state index in [1.807, 2.05) is 0 Å². The summed E-state index contributed by atoms with van der Waals surface area (Å²) in [5.41, 5.74) is -2.27. The van der Waals surface area contributed by atoms with Crippen LogP contribution in [0, 0.1) is 5.41 Å². The molecule has 50 heavy (non-hydrogen) atoms. The Morgan fingerprint density at radius 1 is 0.480 bits per heavy atom. The van der Waals surface area contributed by atoms with Crippen LogP contribution in [0.2, 0.25) is 0 Å². The molecule has 0 fully saturated rings. The Hall–Kier alpha value is -1.23. The Bertz CT molecular complexity index is 855. The van der Waals surface area contributed by atoms with Crippen molar-refractivity contribution in [1.82, 2.24) is 0 Å². The molecule has 0 aromatic carbocycles. The highest BCUT2D eigenvalue weighted by Gasteiger charge is 2.55. The van der Waals surface area contributed by atoms with Crippen molar-refractivity contribution in [3.05, 3.63) is 0 Å². The summed E-state index contributed by atoms with van der Waals surface area (Å²) < 4.78 is 45.3. The third-order valence-electron chi connectivity index (χ3n) is 10.1. The van der Waals surface area contributed by atoms with E-state index in [0.29, 0.717) is 13.2 Å². The molecule has 3 N–H and O–H groups in total. The van der Waals surface area contributed by atoms with Crippen LogP contribution in [-0.2, 0) is 29.2 Å². The number of ether oxygens (including phenoxy) is 2. The third kappa shape index (κ3) is 26.5. The van der Waals surface area contributed by atoms with Crippen LogP contribution in [0.4, 0.5) is 0 Å². The molecule has 0 rings (SSSR count). The summed E-state index contributed by atoms with van der Waals surface area (Å²) in [5.74, 6) is -3.49. The molecule has 0 radical (unpaired) electrons. The zero-order valence-corrected chi connectivity index (χ0v) is 33.1. The van der Waals surface area contributed by atoms with Crippen molar-refractivity contribution in [3.63, 3.8) is 0 Å². The van der Waals surface area contributed by atoms with Crippen molar-refractivity contribution in [2.45, 2.75) is 212 Å². The van der Waals surface area contributed by atoms with Crippen molar-refractivity contribution in [2.24, 2.45) is 5.41 Å². The first-order valence-corrected chi connectivity index (χ1v) is 22.2. The minimum absolute atomic E-state index is 0.122. The standard InChI is InChI=1S/C40H78O9S/c1-3-5-7-9-11-13-15-17-19-21-23-25-27-29-33-48-35-31-40(39(43)44,37(38(41)42)50(45,46)47)32-36-49-34-30-28-26-24-22-20-18-16-14-12-10-8-6-4-2/h37H,3-36H2,1-2H3,(H,41,42)(H,43,44)(H,45,46,47). The second-order valence-corrected chi connectivity index (χ2v) is 16.1. The number of carboxylic acid groups (broad SMARTS) is 2. The summed E-state index contributed by atoms with van der Waals surface area (Å²) in [4.78, 5) is 24.4. The van der Waals surface area contributed by atoms with Gasteiger partial charge in [0.2, 0.25) is 0 Å². The Kier molecular flexibility index (Phi) is 32.8. The SMILES string of the molecule is CCCCCCCCCCCCCCCCOCCC(CCOCCCCCCCCCCCCCCCC)(C(=O)O)C(C(=O)O)S(=O)(=O)O. The summed E-state index contributed by atoms with van der Waals surface area (Å²) in [6, 6.07) is 0. The molecule has 1 atom stereocenters. The molecule has 0 bridgehead atoms. The van der Waals surface area contributed by atoms with Crippen molar-refractivity contribution in [1.29, 1.82) is 0 Å². The van der Waals surface area contributed by atoms with Gasteiger partial charge in [-0.2, -0.15) is 8.42 Å². The lowest BCUT2D eigenvalue weighted by molar-refractivity contribution is -0.158. The van der Waals surface area contributed by atoms with Crippen LogP contribution < -0.4 is 0 Å². The molecule has 0 spiro atoms. The zero-order chi connectivity index (χ0) is 37.2. The van der Waals surface area contributed by atoms with Gasteiger partial charge in [-0.15, -0.1) is 0 Å². The van der Waals surface area contributed by atoms with Crippen LogP contribution in [-0.4, -0.2) is 66.8 Å². The highest BCUT2D eigenvalue weighted by molar-refractivity contribution is 7.87. The predicted molar refractivity (Wildman–Crippen MR) is 205 cm³/mol. The minimum Gasteiger partial charge on any atom is -0.481 e. The molecule has 0 saturated heterocycles.